The Balaban J connectivity index is 0.000000323. The molecule has 2 aliphatic heterocycles. The zero-order valence-electron chi connectivity index (χ0n) is 9.52. The SMILES string of the molecule is Br.C1=C[N-]c2c3c(ccc2=C1)=CC=C[N-]3.[O]=[Re](=[O])=[O]. The summed E-state index contributed by atoms with van der Waals surface area (Å²) in [6, 6.07) is 4.15. The summed E-state index contributed by atoms with van der Waals surface area (Å²) in [5.41, 5.74) is 1.95. The molecular formula is C12H9BrN2O3Re-2. The molecule has 0 saturated carbocycles. The molecule has 3 rings (SSSR count). The Morgan fingerprint density at radius 1 is 0.789 bits per heavy atom. The molecule has 0 radical (unpaired) electrons. The molecule has 101 valence electrons. The van der Waals surface area contributed by atoms with Crippen LogP contribution in [0.1, 0.15) is 0 Å². The van der Waals surface area contributed by atoms with E-state index >= 15 is 0 Å². The molecule has 0 spiro atoms. The van der Waals surface area contributed by atoms with E-state index in [1.807, 2.05) is 12.2 Å². The number of nitrogens with zero attached hydrogens (tertiary/aromatic N) is 2. The van der Waals surface area contributed by atoms with Crippen LogP contribution in [0.4, 0.5) is 11.4 Å². The molecule has 5 nitrogen and oxygen atoms in total. The fourth-order valence-electron chi connectivity index (χ4n) is 1.68. The van der Waals surface area contributed by atoms with Crippen molar-refractivity contribution in [2.45, 2.75) is 0 Å². The van der Waals surface area contributed by atoms with Crippen LogP contribution in [0.15, 0.2) is 36.7 Å². The molecule has 1 aromatic carbocycles. The Hall–Kier alpha value is -1.42. The van der Waals surface area contributed by atoms with Crippen LogP contribution in [0.25, 0.3) is 22.8 Å². The third-order valence-electron chi connectivity index (χ3n) is 2.34. The average Bonchev–Trinajstić information content (AvgIpc) is 2.38. The molecule has 0 aliphatic carbocycles. The van der Waals surface area contributed by atoms with Gasteiger partial charge in [0, 0.05) is 0 Å². The number of hydrogen-bond donors (Lipinski definition) is 0. The minimum absolute atomic E-state index is 0. The molecule has 0 unspecified atom stereocenters. The normalized spacial score (nSPS) is 12.6. The molecular weight excluding hydrogens is 486 g/mol. The van der Waals surface area contributed by atoms with Gasteiger partial charge in [-0.15, -0.1) is 28.4 Å². The van der Waals surface area contributed by atoms with Crippen LogP contribution < -0.4 is 10.4 Å². The summed E-state index contributed by atoms with van der Waals surface area (Å²) in [4.78, 5) is 0. The number of fused-ring (bicyclic) bond motifs is 3. The Labute approximate surface area is 125 Å². The number of rotatable bonds is 0. The zero-order valence-corrected chi connectivity index (χ0v) is 14.0. The van der Waals surface area contributed by atoms with Gasteiger partial charge in [0.2, 0.25) is 0 Å². The predicted molar refractivity (Wildman–Crippen MR) is 71.3 cm³/mol. The molecule has 0 saturated heterocycles. The van der Waals surface area contributed by atoms with Crippen molar-refractivity contribution in [1.29, 1.82) is 0 Å². The number of allylic oxidation sites excluding steroid dienone is 2. The molecule has 0 amide bonds. The Bertz CT molecular complexity index is 694. The van der Waals surface area contributed by atoms with Crippen LogP contribution in [-0.4, -0.2) is 0 Å². The summed E-state index contributed by atoms with van der Waals surface area (Å²) in [7, 11) is 0. The van der Waals surface area contributed by atoms with Gasteiger partial charge in [-0.25, -0.2) is 0 Å². The fourth-order valence-corrected chi connectivity index (χ4v) is 1.68. The quantitative estimate of drug-likeness (QED) is 0.555. The molecule has 19 heavy (non-hydrogen) atoms. The first-order chi connectivity index (χ1) is 8.68. The van der Waals surface area contributed by atoms with Gasteiger partial charge in [0.15, 0.2) is 0 Å². The van der Waals surface area contributed by atoms with Gasteiger partial charge in [-0.1, -0.05) is 36.4 Å². The molecule has 2 aliphatic rings. The number of benzene rings is 1. The van der Waals surface area contributed by atoms with Gasteiger partial charge in [0.05, 0.1) is 0 Å². The van der Waals surface area contributed by atoms with Crippen molar-refractivity contribution in [3.63, 3.8) is 0 Å². The van der Waals surface area contributed by atoms with Crippen molar-refractivity contribution in [1.82, 2.24) is 0 Å². The van der Waals surface area contributed by atoms with E-state index in [9.17, 15) is 0 Å². The summed E-state index contributed by atoms with van der Waals surface area (Å²) in [5.74, 6) is 0. The van der Waals surface area contributed by atoms with E-state index in [0.717, 1.165) is 21.8 Å². The van der Waals surface area contributed by atoms with Crippen LogP contribution in [-0.2, 0) is 27.0 Å². The van der Waals surface area contributed by atoms with E-state index in [1.165, 1.54) is 0 Å². The van der Waals surface area contributed by atoms with Crippen LogP contribution in [0.3, 0.4) is 0 Å². The number of hydrogen-bond acceptors (Lipinski definition) is 3. The van der Waals surface area contributed by atoms with Gasteiger partial charge in [0.25, 0.3) is 0 Å². The van der Waals surface area contributed by atoms with E-state index in [1.54, 1.807) is 12.4 Å². The first-order valence-electron chi connectivity index (χ1n) is 5.00. The maximum absolute atomic E-state index is 8.60. The van der Waals surface area contributed by atoms with Crippen LogP contribution in [0, 0.1) is 0 Å². The standard InChI is InChI=1S/C12H8N2.BrH.3O.Re/c1-3-9-5-6-10-4-2-8-14-12(10)11(9)13-7-1;;;;;/h1-8H;1H;;;;/q-2;;;;;. The maximum atomic E-state index is 8.60. The molecule has 0 N–H and O–H groups in total. The van der Waals surface area contributed by atoms with Crippen molar-refractivity contribution < 1.29 is 27.0 Å². The van der Waals surface area contributed by atoms with Gasteiger partial charge in [-0.3, -0.25) is 0 Å². The van der Waals surface area contributed by atoms with Crippen molar-refractivity contribution in [2.24, 2.45) is 0 Å². The molecule has 0 atom stereocenters. The third kappa shape index (κ3) is 4.03. The molecule has 0 bridgehead atoms. The summed E-state index contributed by atoms with van der Waals surface area (Å²) in [6.45, 7) is 0. The summed E-state index contributed by atoms with van der Waals surface area (Å²) >= 11 is -4.21. The van der Waals surface area contributed by atoms with Gasteiger partial charge in [-0.2, -0.15) is 12.4 Å². The van der Waals surface area contributed by atoms with Crippen molar-refractivity contribution in [3.05, 3.63) is 57.8 Å². The molecule has 1 aromatic rings. The molecule has 2 heterocycles. The minimum atomic E-state index is -4.21. The van der Waals surface area contributed by atoms with Crippen LogP contribution >= 0.6 is 17.0 Å². The van der Waals surface area contributed by atoms with Crippen LogP contribution in [0.2, 0.25) is 0 Å². The Morgan fingerprint density at radius 3 is 1.53 bits per heavy atom. The second kappa shape index (κ2) is 7.24. The van der Waals surface area contributed by atoms with E-state index in [4.69, 9.17) is 10.4 Å². The van der Waals surface area contributed by atoms with E-state index in [0.29, 0.717) is 0 Å². The second-order valence-corrected chi connectivity index (χ2v) is 4.76. The molecule has 0 fully saturated rings. The topological polar surface area (TPSA) is 79.4 Å². The fraction of sp³-hybridized carbons (Fsp3) is 0. The van der Waals surface area contributed by atoms with E-state index < -0.39 is 16.6 Å². The summed E-state index contributed by atoms with van der Waals surface area (Å²) in [5, 5.41) is 11.0. The summed E-state index contributed by atoms with van der Waals surface area (Å²) < 4.78 is 25.8. The monoisotopic (exact) mass is 495 g/mol. The summed E-state index contributed by atoms with van der Waals surface area (Å²) in [6.07, 6.45) is 11.6. The van der Waals surface area contributed by atoms with Crippen molar-refractivity contribution in [2.75, 3.05) is 0 Å². The Kier molecular flexibility index (Phi) is 5.96. The van der Waals surface area contributed by atoms with E-state index in [-0.39, 0.29) is 17.0 Å². The first-order valence-corrected chi connectivity index (χ1v) is 8.32. The Morgan fingerprint density at radius 2 is 1.16 bits per heavy atom. The van der Waals surface area contributed by atoms with Gasteiger partial charge in [0.1, 0.15) is 0 Å². The third-order valence-corrected chi connectivity index (χ3v) is 2.34. The zero-order chi connectivity index (χ0) is 13.0. The van der Waals surface area contributed by atoms with Crippen molar-refractivity contribution in [3.8, 4) is 0 Å². The number of halogens is 1. The van der Waals surface area contributed by atoms with Gasteiger partial charge < -0.3 is 10.6 Å². The van der Waals surface area contributed by atoms with Gasteiger partial charge in [-0.05, 0) is 10.4 Å². The molecule has 7 heteroatoms. The predicted octanol–water partition coefficient (Wildman–Crippen LogP) is 2.53. The van der Waals surface area contributed by atoms with Crippen LogP contribution in [0.5, 0.6) is 0 Å². The second-order valence-electron chi connectivity index (χ2n) is 3.40. The molecule has 0 aromatic heterocycles. The first kappa shape index (κ1) is 15.6. The van der Waals surface area contributed by atoms with E-state index in [2.05, 4.69) is 34.9 Å². The van der Waals surface area contributed by atoms with Gasteiger partial charge >= 0.3 is 27.0 Å². The average molecular weight is 495 g/mol. The van der Waals surface area contributed by atoms with Crippen molar-refractivity contribution >= 4 is 40.5 Å².